The Balaban J connectivity index is 1.47. The number of aryl methyl sites for hydroxylation is 2. The summed E-state index contributed by atoms with van der Waals surface area (Å²) in [5, 5.41) is 12.1. The maximum atomic E-state index is 13.4. The molecule has 0 aliphatic carbocycles. The van der Waals surface area contributed by atoms with Crippen molar-refractivity contribution < 1.29 is 8.78 Å². The highest BCUT2D eigenvalue weighted by Crippen LogP contribution is 2.12. The number of hydrogen-bond acceptors (Lipinski definition) is 6. The lowest BCUT2D eigenvalue weighted by atomic mass is 10.1. The molecule has 174 valence electrons. The average molecular weight is 479 g/mol. The summed E-state index contributed by atoms with van der Waals surface area (Å²) in [6.45, 7) is 2.86. The largest absolute Gasteiger partial charge is 0.332 e. The molecule has 4 rings (SSSR count). The SMILES string of the molecule is CCCCn1c(=O)n(CCCn2nnc(Cc3ccc(F)c(F)c3)n2)c(=O)c2[nH]c(Cl)nc21. The zero-order valence-corrected chi connectivity index (χ0v) is 18.5. The van der Waals surface area contributed by atoms with Crippen molar-refractivity contribution in [3.05, 3.63) is 67.3 Å². The van der Waals surface area contributed by atoms with Crippen LogP contribution in [-0.4, -0.2) is 39.3 Å². The Morgan fingerprint density at radius 1 is 1.06 bits per heavy atom. The predicted octanol–water partition coefficient (Wildman–Crippen LogP) is 2.29. The van der Waals surface area contributed by atoms with Crippen LogP contribution in [0.25, 0.3) is 11.2 Å². The first-order chi connectivity index (χ1) is 15.9. The maximum absolute atomic E-state index is 13.4. The summed E-state index contributed by atoms with van der Waals surface area (Å²) < 4.78 is 29.0. The Morgan fingerprint density at radius 3 is 2.61 bits per heavy atom. The fourth-order valence-electron chi connectivity index (χ4n) is 3.50. The molecule has 0 amide bonds. The lowest BCUT2D eigenvalue weighted by Gasteiger charge is -2.10. The van der Waals surface area contributed by atoms with E-state index in [1.165, 1.54) is 15.4 Å². The first-order valence-corrected chi connectivity index (χ1v) is 10.8. The number of hydrogen-bond donors (Lipinski definition) is 1. The van der Waals surface area contributed by atoms with Crippen LogP contribution in [0.15, 0.2) is 27.8 Å². The van der Waals surface area contributed by atoms with Gasteiger partial charge in [-0.2, -0.15) is 9.78 Å². The molecule has 3 aromatic heterocycles. The highest BCUT2D eigenvalue weighted by atomic mass is 35.5. The van der Waals surface area contributed by atoms with Crippen LogP contribution in [0.1, 0.15) is 37.6 Å². The molecule has 33 heavy (non-hydrogen) atoms. The standard InChI is InChI=1S/C20H21ClF2N8O2/c1-2-3-7-29-17-16(24-19(21)25-17)18(32)30(20(29)33)8-4-9-31-27-15(26-28-31)11-12-5-6-13(22)14(23)10-12/h5-6,10H,2-4,7-9,11H2,1H3,(H,24,25). The molecule has 0 spiro atoms. The number of aromatic amines is 1. The molecule has 0 saturated carbocycles. The van der Waals surface area contributed by atoms with Crippen LogP contribution < -0.4 is 11.2 Å². The van der Waals surface area contributed by atoms with E-state index in [-0.39, 0.29) is 29.4 Å². The molecule has 0 fully saturated rings. The minimum absolute atomic E-state index is 0.0462. The summed E-state index contributed by atoms with van der Waals surface area (Å²) in [5.41, 5.74) is 0.00415. The summed E-state index contributed by atoms with van der Waals surface area (Å²) in [7, 11) is 0. The fraction of sp³-hybridized carbons (Fsp3) is 0.400. The smallest absolute Gasteiger partial charge is 0.323 e. The van der Waals surface area contributed by atoms with E-state index in [0.717, 1.165) is 29.5 Å². The second-order valence-electron chi connectivity index (χ2n) is 7.55. The molecule has 0 unspecified atom stereocenters. The molecule has 0 aliphatic rings. The Bertz CT molecular complexity index is 1410. The summed E-state index contributed by atoms with van der Waals surface area (Å²) in [5.74, 6) is -1.52. The number of unbranched alkanes of at least 4 members (excludes halogenated alkanes) is 1. The van der Waals surface area contributed by atoms with Crippen molar-refractivity contribution in [2.24, 2.45) is 0 Å². The number of nitrogens with one attached hydrogen (secondary N) is 1. The molecule has 3 heterocycles. The Kier molecular flexibility index (Phi) is 6.63. The van der Waals surface area contributed by atoms with Crippen molar-refractivity contribution in [3.63, 3.8) is 0 Å². The lowest BCUT2D eigenvalue weighted by molar-refractivity contribution is 0.451. The summed E-state index contributed by atoms with van der Waals surface area (Å²) in [6, 6.07) is 3.58. The number of fused-ring (bicyclic) bond motifs is 1. The zero-order valence-electron chi connectivity index (χ0n) is 17.8. The Labute approximate surface area is 190 Å². The van der Waals surface area contributed by atoms with Crippen molar-refractivity contribution in [3.8, 4) is 0 Å². The number of rotatable bonds is 9. The third-order valence-corrected chi connectivity index (χ3v) is 5.33. The van der Waals surface area contributed by atoms with Crippen molar-refractivity contribution >= 4 is 22.8 Å². The minimum Gasteiger partial charge on any atom is -0.323 e. The van der Waals surface area contributed by atoms with E-state index in [2.05, 4.69) is 25.4 Å². The second-order valence-corrected chi connectivity index (χ2v) is 7.91. The van der Waals surface area contributed by atoms with Crippen LogP contribution in [-0.2, 0) is 26.1 Å². The third kappa shape index (κ3) is 4.85. The molecule has 0 aliphatic heterocycles. The number of imidazole rings is 1. The molecule has 1 N–H and O–H groups in total. The highest BCUT2D eigenvalue weighted by Gasteiger charge is 2.17. The van der Waals surface area contributed by atoms with Crippen LogP contribution in [0, 0.1) is 11.6 Å². The van der Waals surface area contributed by atoms with Crippen LogP contribution in [0.3, 0.4) is 0 Å². The van der Waals surface area contributed by atoms with Crippen LogP contribution in [0.2, 0.25) is 5.28 Å². The number of nitrogens with zero attached hydrogens (tertiary/aromatic N) is 7. The normalized spacial score (nSPS) is 11.5. The Morgan fingerprint density at radius 2 is 1.85 bits per heavy atom. The third-order valence-electron chi connectivity index (χ3n) is 5.15. The molecular weight excluding hydrogens is 458 g/mol. The highest BCUT2D eigenvalue weighted by molar-refractivity contribution is 6.28. The van der Waals surface area contributed by atoms with Crippen LogP contribution >= 0.6 is 11.6 Å². The van der Waals surface area contributed by atoms with Gasteiger partial charge in [0.05, 0.1) is 6.54 Å². The van der Waals surface area contributed by atoms with E-state index >= 15 is 0 Å². The summed E-state index contributed by atoms with van der Waals surface area (Å²) >= 11 is 5.93. The molecule has 10 nitrogen and oxygen atoms in total. The van der Waals surface area contributed by atoms with Gasteiger partial charge in [0, 0.05) is 19.5 Å². The summed E-state index contributed by atoms with van der Waals surface area (Å²) in [6.07, 6.45) is 2.20. The van der Waals surface area contributed by atoms with Gasteiger partial charge in [-0.3, -0.25) is 13.9 Å². The van der Waals surface area contributed by atoms with Gasteiger partial charge in [0.1, 0.15) is 0 Å². The topological polar surface area (TPSA) is 116 Å². The number of aromatic nitrogens is 8. The molecule has 4 aromatic rings. The van der Waals surface area contributed by atoms with Gasteiger partial charge in [0.15, 0.2) is 28.6 Å². The van der Waals surface area contributed by atoms with Gasteiger partial charge in [-0.05, 0) is 47.4 Å². The predicted molar refractivity (Wildman–Crippen MR) is 116 cm³/mol. The van der Waals surface area contributed by atoms with E-state index in [1.807, 2.05) is 6.92 Å². The first-order valence-electron chi connectivity index (χ1n) is 10.5. The molecule has 13 heteroatoms. The molecule has 0 atom stereocenters. The number of benzene rings is 1. The number of tetrazole rings is 1. The van der Waals surface area contributed by atoms with Gasteiger partial charge in [-0.15, -0.1) is 10.2 Å². The van der Waals surface area contributed by atoms with Gasteiger partial charge in [-0.25, -0.2) is 13.6 Å². The van der Waals surface area contributed by atoms with Gasteiger partial charge in [-0.1, -0.05) is 19.4 Å². The zero-order chi connectivity index (χ0) is 23.5. The van der Waals surface area contributed by atoms with E-state index in [4.69, 9.17) is 11.6 Å². The van der Waals surface area contributed by atoms with Gasteiger partial charge in [0.2, 0.25) is 5.28 Å². The molecular formula is C20H21ClF2N8O2. The van der Waals surface area contributed by atoms with E-state index in [1.54, 1.807) is 0 Å². The Hall–Kier alpha value is -3.41. The fourth-order valence-corrected chi connectivity index (χ4v) is 3.67. The lowest BCUT2D eigenvalue weighted by Crippen LogP contribution is -2.40. The van der Waals surface area contributed by atoms with Crippen molar-refractivity contribution in [1.82, 2.24) is 39.3 Å². The number of halogens is 3. The first kappa shape index (κ1) is 22.8. The van der Waals surface area contributed by atoms with Crippen LogP contribution in [0.4, 0.5) is 8.78 Å². The van der Waals surface area contributed by atoms with E-state index in [0.29, 0.717) is 30.9 Å². The van der Waals surface area contributed by atoms with Crippen molar-refractivity contribution in [1.29, 1.82) is 0 Å². The van der Waals surface area contributed by atoms with Gasteiger partial charge < -0.3 is 4.98 Å². The molecule has 0 bridgehead atoms. The van der Waals surface area contributed by atoms with E-state index in [9.17, 15) is 18.4 Å². The molecule has 0 saturated heterocycles. The summed E-state index contributed by atoms with van der Waals surface area (Å²) in [4.78, 5) is 33.9. The molecule has 1 aromatic carbocycles. The van der Waals surface area contributed by atoms with E-state index < -0.39 is 22.9 Å². The maximum Gasteiger partial charge on any atom is 0.332 e. The minimum atomic E-state index is -0.939. The van der Waals surface area contributed by atoms with Gasteiger partial charge >= 0.3 is 5.69 Å². The van der Waals surface area contributed by atoms with Crippen LogP contribution in [0.5, 0.6) is 0 Å². The van der Waals surface area contributed by atoms with Crippen molar-refractivity contribution in [2.45, 2.75) is 52.2 Å². The van der Waals surface area contributed by atoms with Gasteiger partial charge in [0.25, 0.3) is 5.56 Å². The quantitative estimate of drug-likeness (QED) is 0.369. The van der Waals surface area contributed by atoms with Crippen molar-refractivity contribution in [2.75, 3.05) is 0 Å². The monoisotopic (exact) mass is 478 g/mol. The number of H-pyrrole nitrogens is 1. The molecule has 0 radical (unpaired) electrons. The average Bonchev–Trinajstić information content (AvgIpc) is 3.39. The second kappa shape index (κ2) is 9.61.